The Morgan fingerprint density at radius 3 is 2.67 bits per heavy atom. The number of benzene rings is 2. The molecule has 2 aromatic rings. The van der Waals surface area contributed by atoms with Gasteiger partial charge in [0, 0.05) is 56.8 Å². The molecule has 2 amide bonds. The number of ether oxygens (including phenoxy) is 3. The summed E-state index contributed by atoms with van der Waals surface area (Å²) in [4.78, 5) is 45.6. The second-order valence-corrected chi connectivity index (χ2v) is 13.1. The topological polar surface area (TPSA) is 135 Å². The smallest absolute Gasteiger partial charge is 0.308 e. The number of carbonyl (C=O) groups is 3. The highest BCUT2D eigenvalue weighted by molar-refractivity contribution is 5.95. The van der Waals surface area contributed by atoms with Gasteiger partial charge in [0.25, 0.3) is 0 Å². The molecule has 0 spiro atoms. The summed E-state index contributed by atoms with van der Waals surface area (Å²) in [5.74, 6) is -0.749. The van der Waals surface area contributed by atoms with Crippen LogP contribution in [0.5, 0.6) is 17.2 Å². The highest BCUT2D eigenvalue weighted by atomic mass is 16.7. The van der Waals surface area contributed by atoms with E-state index < -0.39 is 23.8 Å². The lowest BCUT2D eigenvalue weighted by Gasteiger charge is -2.31. The minimum Gasteiger partial charge on any atom is -0.493 e. The van der Waals surface area contributed by atoms with Gasteiger partial charge in [0.2, 0.25) is 24.4 Å². The van der Waals surface area contributed by atoms with E-state index in [-0.39, 0.29) is 30.6 Å². The average Bonchev–Trinajstić information content (AvgIpc) is 3.70. The lowest BCUT2D eigenvalue weighted by molar-refractivity contribution is -0.143. The fraction of sp³-hybridized carbons (Fsp3) is 0.559. The van der Waals surface area contributed by atoms with Gasteiger partial charge in [-0.25, -0.2) is 0 Å². The Balaban J connectivity index is 1.47. The molecule has 0 saturated carbocycles. The van der Waals surface area contributed by atoms with E-state index in [0.717, 1.165) is 29.7 Å². The Labute approximate surface area is 265 Å². The summed E-state index contributed by atoms with van der Waals surface area (Å²) >= 11 is 0. The Morgan fingerprint density at radius 1 is 1.20 bits per heavy atom. The normalized spacial score (nSPS) is 22.2. The standard InChI is InChI=1S/C34H46N4O7/c1-5-6-11-38(24-9-7-8-22(13-24)17-35)30(40)19-37-18-25(23-14-27(43-4)32-28(15-23)44-21-45-32)31(33(41)42)26(37)10-12-36-20-34(2,3)16-29(36)39/h7-9,13-15,25-26,31H,5-6,10-12,16-21,35H2,1-4H3,(H,41,42). The van der Waals surface area contributed by atoms with Crippen LogP contribution in [0.2, 0.25) is 0 Å². The maximum Gasteiger partial charge on any atom is 0.308 e. The van der Waals surface area contributed by atoms with Crippen molar-refractivity contribution < 1.29 is 33.7 Å². The van der Waals surface area contributed by atoms with Gasteiger partial charge < -0.3 is 34.9 Å². The number of methoxy groups -OCH3 is 1. The molecule has 3 aliphatic heterocycles. The Kier molecular flexibility index (Phi) is 9.88. The lowest BCUT2D eigenvalue weighted by atomic mass is 9.84. The first kappa shape index (κ1) is 32.6. The summed E-state index contributed by atoms with van der Waals surface area (Å²) in [6.45, 7) is 8.63. The molecule has 3 atom stereocenters. The third-order valence-electron chi connectivity index (χ3n) is 9.27. The van der Waals surface area contributed by atoms with Gasteiger partial charge in [-0.1, -0.05) is 39.3 Å². The molecule has 2 aromatic carbocycles. The monoisotopic (exact) mass is 622 g/mol. The van der Waals surface area contributed by atoms with Crippen LogP contribution in [0.15, 0.2) is 36.4 Å². The highest BCUT2D eigenvalue weighted by Crippen LogP contribution is 2.47. The summed E-state index contributed by atoms with van der Waals surface area (Å²) in [6, 6.07) is 10.9. The van der Waals surface area contributed by atoms with Gasteiger partial charge in [-0.15, -0.1) is 0 Å². The number of hydrogen-bond donors (Lipinski definition) is 2. The van der Waals surface area contributed by atoms with Gasteiger partial charge in [0.05, 0.1) is 19.6 Å². The van der Waals surface area contributed by atoms with Crippen LogP contribution in [0.1, 0.15) is 63.5 Å². The molecule has 0 aromatic heterocycles. The summed E-state index contributed by atoms with van der Waals surface area (Å²) in [7, 11) is 1.54. The second-order valence-electron chi connectivity index (χ2n) is 13.1. The van der Waals surface area contributed by atoms with Crippen molar-refractivity contribution >= 4 is 23.5 Å². The SMILES string of the molecule is CCCCN(C(=O)CN1CC(c2cc(OC)c3c(c2)OCO3)C(C(=O)O)C1CCN1CC(C)(C)CC1=O)c1cccc(CN)c1. The zero-order valence-electron chi connectivity index (χ0n) is 26.8. The number of amides is 2. The van der Waals surface area contributed by atoms with Crippen LogP contribution in [0.4, 0.5) is 5.69 Å². The van der Waals surface area contributed by atoms with Crippen molar-refractivity contribution in [2.75, 3.05) is 51.5 Å². The third-order valence-corrected chi connectivity index (χ3v) is 9.27. The van der Waals surface area contributed by atoms with Gasteiger partial charge in [0.15, 0.2) is 11.5 Å². The maximum atomic E-state index is 14.1. The van der Waals surface area contributed by atoms with Crippen LogP contribution in [0.25, 0.3) is 0 Å². The number of nitrogens with two attached hydrogens (primary N) is 1. The van der Waals surface area contributed by atoms with Crippen LogP contribution in [-0.4, -0.2) is 85.4 Å². The highest BCUT2D eigenvalue weighted by Gasteiger charge is 2.48. The molecule has 3 N–H and O–H groups in total. The Bertz CT molecular complexity index is 1410. The molecule has 3 unspecified atom stereocenters. The van der Waals surface area contributed by atoms with E-state index >= 15 is 0 Å². The van der Waals surface area contributed by atoms with Crippen molar-refractivity contribution in [2.24, 2.45) is 17.1 Å². The lowest BCUT2D eigenvalue weighted by Crippen LogP contribution is -2.45. The molecule has 5 rings (SSSR count). The molecule has 3 heterocycles. The van der Waals surface area contributed by atoms with E-state index in [0.29, 0.717) is 62.8 Å². The quantitative estimate of drug-likeness (QED) is 0.342. The summed E-state index contributed by atoms with van der Waals surface area (Å²) in [5, 5.41) is 10.7. The molecule has 0 aliphatic carbocycles. The molecule has 244 valence electrons. The fourth-order valence-electron chi connectivity index (χ4n) is 7.05. The van der Waals surface area contributed by atoms with Crippen molar-refractivity contribution in [1.82, 2.24) is 9.80 Å². The molecule has 2 saturated heterocycles. The van der Waals surface area contributed by atoms with Crippen LogP contribution < -0.4 is 24.8 Å². The molecule has 2 fully saturated rings. The first-order chi connectivity index (χ1) is 21.5. The van der Waals surface area contributed by atoms with E-state index in [2.05, 4.69) is 20.8 Å². The predicted molar refractivity (Wildman–Crippen MR) is 170 cm³/mol. The largest absolute Gasteiger partial charge is 0.493 e. The average molecular weight is 623 g/mol. The zero-order chi connectivity index (χ0) is 32.3. The van der Waals surface area contributed by atoms with Crippen molar-refractivity contribution in [3.63, 3.8) is 0 Å². The number of carbonyl (C=O) groups excluding carboxylic acids is 2. The summed E-state index contributed by atoms with van der Waals surface area (Å²) < 4.78 is 16.8. The van der Waals surface area contributed by atoms with Gasteiger partial charge in [0.1, 0.15) is 0 Å². The van der Waals surface area contributed by atoms with Crippen LogP contribution >= 0.6 is 0 Å². The van der Waals surface area contributed by atoms with Gasteiger partial charge in [-0.2, -0.15) is 0 Å². The second kappa shape index (κ2) is 13.7. The number of likely N-dealkylation sites (tertiary alicyclic amines) is 2. The molecule has 45 heavy (non-hydrogen) atoms. The number of aliphatic carboxylic acids is 1. The van der Waals surface area contributed by atoms with Gasteiger partial charge in [-0.05, 0) is 53.6 Å². The van der Waals surface area contributed by atoms with Crippen molar-refractivity contribution in [2.45, 2.75) is 65.0 Å². The van der Waals surface area contributed by atoms with E-state index in [9.17, 15) is 19.5 Å². The Morgan fingerprint density at radius 2 is 2.00 bits per heavy atom. The first-order valence-corrected chi connectivity index (χ1v) is 15.9. The summed E-state index contributed by atoms with van der Waals surface area (Å²) in [5.41, 5.74) is 8.24. The molecule has 0 bridgehead atoms. The predicted octanol–water partition coefficient (Wildman–Crippen LogP) is 3.83. The number of rotatable bonds is 13. The van der Waals surface area contributed by atoms with E-state index in [4.69, 9.17) is 19.9 Å². The van der Waals surface area contributed by atoms with Crippen molar-refractivity contribution in [3.8, 4) is 17.2 Å². The maximum absolute atomic E-state index is 14.1. The van der Waals surface area contributed by atoms with Crippen molar-refractivity contribution in [1.29, 1.82) is 0 Å². The van der Waals surface area contributed by atoms with Gasteiger partial charge in [-0.3, -0.25) is 19.3 Å². The van der Waals surface area contributed by atoms with Crippen molar-refractivity contribution in [3.05, 3.63) is 47.5 Å². The summed E-state index contributed by atoms with van der Waals surface area (Å²) in [6.07, 6.45) is 2.65. The fourth-order valence-corrected chi connectivity index (χ4v) is 7.05. The van der Waals surface area contributed by atoms with E-state index in [1.807, 2.05) is 46.2 Å². The Hall–Kier alpha value is -3.83. The minimum absolute atomic E-state index is 0.0443. The van der Waals surface area contributed by atoms with E-state index in [1.165, 1.54) is 7.11 Å². The number of hydrogen-bond acceptors (Lipinski definition) is 8. The molecule has 11 nitrogen and oxygen atoms in total. The number of carboxylic acid groups (broad SMARTS) is 1. The molecule has 3 aliphatic rings. The van der Waals surface area contributed by atoms with Crippen LogP contribution in [0.3, 0.4) is 0 Å². The van der Waals surface area contributed by atoms with Crippen LogP contribution in [0, 0.1) is 11.3 Å². The number of nitrogens with zero attached hydrogens (tertiary/aromatic N) is 3. The molecule has 0 radical (unpaired) electrons. The number of anilines is 1. The van der Waals surface area contributed by atoms with Crippen LogP contribution in [-0.2, 0) is 20.9 Å². The third kappa shape index (κ3) is 7.04. The number of fused-ring (bicyclic) bond motifs is 1. The van der Waals surface area contributed by atoms with E-state index in [1.54, 1.807) is 4.90 Å². The molecule has 11 heteroatoms. The number of unbranched alkanes of at least 4 members (excludes halogenated alkanes) is 1. The molecular formula is C34H46N4O7. The molecular weight excluding hydrogens is 576 g/mol. The van der Waals surface area contributed by atoms with Gasteiger partial charge >= 0.3 is 5.97 Å². The number of carboxylic acids is 1. The zero-order valence-corrected chi connectivity index (χ0v) is 26.8. The minimum atomic E-state index is -0.942. The first-order valence-electron chi connectivity index (χ1n) is 15.9.